The molecule has 0 spiro atoms. The van der Waals surface area contributed by atoms with Crippen LogP contribution in [0.25, 0.3) is 0 Å². The number of carbonyl (C=O) groups excluding carboxylic acids is 2. The number of anilines is 1. The molecule has 1 aromatic carbocycles. The molecule has 1 unspecified atom stereocenters. The summed E-state index contributed by atoms with van der Waals surface area (Å²) in [5.74, 6) is 0.576. The number of ether oxygens (including phenoxy) is 1. The molecular weight excluding hydrogens is 370 g/mol. The SMILES string of the molecule is CC(=O)NCCCC(=O)Nc1nc(C(C)Oc2ccccc2)cs1.O=CO. The van der Waals surface area contributed by atoms with Crippen LogP contribution >= 0.6 is 11.3 Å². The number of para-hydroxylation sites is 1. The highest BCUT2D eigenvalue weighted by molar-refractivity contribution is 7.13. The Morgan fingerprint density at radius 1 is 1.33 bits per heavy atom. The number of nitrogens with one attached hydrogen (secondary N) is 2. The fourth-order valence-electron chi connectivity index (χ4n) is 1.99. The first-order chi connectivity index (χ1) is 13.0. The molecule has 0 aliphatic carbocycles. The van der Waals surface area contributed by atoms with Gasteiger partial charge in [0.05, 0.1) is 5.69 Å². The average molecular weight is 393 g/mol. The lowest BCUT2D eigenvalue weighted by Crippen LogP contribution is -2.22. The van der Waals surface area contributed by atoms with Gasteiger partial charge in [0, 0.05) is 25.3 Å². The van der Waals surface area contributed by atoms with Crippen LogP contribution in [0.3, 0.4) is 0 Å². The van der Waals surface area contributed by atoms with Crippen molar-refractivity contribution in [3.63, 3.8) is 0 Å². The maximum atomic E-state index is 11.8. The third kappa shape index (κ3) is 9.36. The van der Waals surface area contributed by atoms with Crippen molar-refractivity contribution in [3.05, 3.63) is 41.4 Å². The summed E-state index contributed by atoms with van der Waals surface area (Å²) >= 11 is 1.37. The fourth-order valence-corrected chi connectivity index (χ4v) is 2.80. The topological polar surface area (TPSA) is 118 Å². The van der Waals surface area contributed by atoms with Crippen LogP contribution < -0.4 is 15.4 Å². The molecule has 2 amide bonds. The first-order valence-corrected chi connectivity index (χ1v) is 9.13. The zero-order valence-corrected chi connectivity index (χ0v) is 16.0. The maximum absolute atomic E-state index is 11.8. The second-order valence-electron chi connectivity index (χ2n) is 5.39. The summed E-state index contributed by atoms with van der Waals surface area (Å²) in [6, 6.07) is 9.53. The highest BCUT2D eigenvalue weighted by Crippen LogP contribution is 2.25. The van der Waals surface area contributed by atoms with E-state index in [-0.39, 0.29) is 24.4 Å². The molecule has 3 N–H and O–H groups in total. The summed E-state index contributed by atoms with van der Waals surface area (Å²) in [6.45, 7) is 3.62. The van der Waals surface area contributed by atoms with Crippen molar-refractivity contribution in [2.24, 2.45) is 0 Å². The van der Waals surface area contributed by atoms with Gasteiger partial charge in [-0.3, -0.25) is 14.4 Å². The maximum Gasteiger partial charge on any atom is 0.290 e. The van der Waals surface area contributed by atoms with E-state index >= 15 is 0 Å². The van der Waals surface area contributed by atoms with Crippen molar-refractivity contribution in [3.8, 4) is 5.75 Å². The Kier molecular flexibility index (Phi) is 10.2. The van der Waals surface area contributed by atoms with E-state index < -0.39 is 0 Å². The summed E-state index contributed by atoms with van der Waals surface area (Å²) in [4.78, 5) is 35.3. The molecule has 1 heterocycles. The van der Waals surface area contributed by atoms with E-state index in [9.17, 15) is 9.59 Å². The zero-order valence-electron chi connectivity index (χ0n) is 15.2. The van der Waals surface area contributed by atoms with Crippen LogP contribution in [0.15, 0.2) is 35.7 Å². The third-order valence-electron chi connectivity index (χ3n) is 3.20. The predicted octanol–water partition coefficient (Wildman–Crippen LogP) is 2.84. The van der Waals surface area contributed by atoms with Gasteiger partial charge in [-0.05, 0) is 25.5 Å². The third-order valence-corrected chi connectivity index (χ3v) is 3.97. The Bertz CT molecular complexity index is 721. The van der Waals surface area contributed by atoms with E-state index in [0.717, 1.165) is 11.4 Å². The quantitative estimate of drug-likeness (QED) is 0.469. The molecule has 146 valence electrons. The molecule has 9 heteroatoms. The predicted molar refractivity (Wildman–Crippen MR) is 103 cm³/mol. The molecule has 2 aromatic rings. The van der Waals surface area contributed by atoms with Crippen LogP contribution in [0.1, 0.15) is 38.5 Å². The molecule has 1 atom stereocenters. The summed E-state index contributed by atoms with van der Waals surface area (Å²) in [6.07, 6.45) is 0.733. The number of nitrogens with zero attached hydrogens (tertiary/aromatic N) is 1. The summed E-state index contributed by atoms with van der Waals surface area (Å²) in [5, 5.41) is 14.7. The first-order valence-electron chi connectivity index (χ1n) is 8.25. The summed E-state index contributed by atoms with van der Waals surface area (Å²) < 4.78 is 5.81. The Balaban J connectivity index is 0.00000114. The molecule has 0 saturated carbocycles. The average Bonchev–Trinajstić information content (AvgIpc) is 3.09. The molecule has 2 rings (SSSR count). The second kappa shape index (κ2) is 12.4. The minimum atomic E-state index is -0.250. The molecule has 0 fully saturated rings. The van der Waals surface area contributed by atoms with Gasteiger partial charge in [-0.15, -0.1) is 11.3 Å². The van der Waals surface area contributed by atoms with Crippen molar-refractivity contribution in [2.45, 2.75) is 32.8 Å². The standard InChI is InChI=1S/C17H21N3O3S.CH2O2/c1-12(23-14-7-4-3-5-8-14)15-11-24-17(19-15)20-16(22)9-6-10-18-13(2)21;2-1-3/h3-5,7-8,11-12H,6,9-10H2,1-2H3,(H,18,21)(H,19,20,22);1H,(H,2,3). The highest BCUT2D eigenvalue weighted by atomic mass is 32.1. The number of hydrogen-bond donors (Lipinski definition) is 3. The van der Waals surface area contributed by atoms with Crippen molar-refractivity contribution in [1.82, 2.24) is 10.3 Å². The number of carboxylic acid groups (broad SMARTS) is 1. The Morgan fingerprint density at radius 3 is 2.63 bits per heavy atom. The van der Waals surface area contributed by atoms with Gasteiger partial charge in [0.25, 0.3) is 6.47 Å². The summed E-state index contributed by atoms with van der Waals surface area (Å²) in [5.41, 5.74) is 0.775. The molecule has 0 aliphatic heterocycles. The molecule has 0 radical (unpaired) electrons. The van der Waals surface area contributed by atoms with Gasteiger partial charge in [-0.2, -0.15) is 0 Å². The van der Waals surface area contributed by atoms with Gasteiger partial charge in [0.1, 0.15) is 11.9 Å². The molecule has 0 bridgehead atoms. The van der Waals surface area contributed by atoms with Gasteiger partial charge >= 0.3 is 0 Å². The van der Waals surface area contributed by atoms with Gasteiger partial charge in [-0.25, -0.2) is 4.98 Å². The largest absolute Gasteiger partial charge is 0.484 e. The van der Waals surface area contributed by atoms with E-state index in [2.05, 4.69) is 15.6 Å². The first kappa shape index (κ1) is 22.1. The summed E-state index contributed by atoms with van der Waals surface area (Å²) in [7, 11) is 0. The Hall–Kier alpha value is -2.94. The van der Waals surface area contributed by atoms with Crippen LogP contribution in [-0.4, -0.2) is 34.9 Å². The van der Waals surface area contributed by atoms with Crippen LogP contribution in [0.5, 0.6) is 5.75 Å². The molecule has 1 aromatic heterocycles. The van der Waals surface area contributed by atoms with Crippen molar-refractivity contribution in [2.75, 3.05) is 11.9 Å². The van der Waals surface area contributed by atoms with Crippen molar-refractivity contribution in [1.29, 1.82) is 0 Å². The van der Waals surface area contributed by atoms with Crippen molar-refractivity contribution >= 4 is 34.8 Å². The van der Waals surface area contributed by atoms with Crippen molar-refractivity contribution < 1.29 is 24.2 Å². The number of rotatable bonds is 8. The number of benzene rings is 1. The number of aromatic nitrogens is 1. The zero-order chi connectivity index (χ0) is 20.1. The van der Waals surface area contributed by atoms with Gasteiger partial charge in [0.2, 0.25) is 11.8 Å². The monoisotopic (exact) mass is 393 g/mol. The van der Waals surface area contributed by atoms with Gasteiger partial charge < -0.3 is 20.5 Å². The van der Waals surface area contributed by atoms with E-state index in [4.69, 9.17) is 14.6 Å². The lowest BCUT2D eigenvalue weighted by Gasteiger charge is -2.12. The highest BCUT2D eigenvalue weighted by Gasteiger charge is 2.13. The van der Waals surface area contributed by atoms with Crippen LogP contribution in [0, 0.1) is 0 Å². The number of amides is 2. The smallest absolute Gasteiger partial charge is 0.290 e. The second-order valence-corrected chi connectivity index (χ2v) is 6.25. The molecule has 0 aliphatic rings. The minimum absolute atomic E-state index is 0.0904. The lowest BCUT2D eigenvalue weighted by molar-refractivity contribution is -0.123. The molecule has 27 heavy (non-hydrogen) atoms. The normalized spacial score (nSPS) is 10.7. The van der Waals surface area contributed by atoms with Crippen LogP contribution in [0.4, 0.5) is 5.13 Å². The van der Waals surface area contributed by atoms with E-state index in [1.807, 2.05) is 42.6 Å². The Morgan fingerprint density at radius 2 is 2.00 bits per heavy atom. The van der Waals surface area contributed by atoms with Gasteiger partial charge in [-0.1, -0.05) is 18.2 Å². The van der Waals surface area contributed by atoms with Crippen LogP contribution in [0.2, 0.25) is 0 Å². The minimum Gasteiger partial charge on any atom is -0.484 e. The fraction of sp³-hybridized carbons (Fsp3) is 0.333. The molecular formula is C18H23N3O5S. The molecule has 8 nitrogen and oxygen atoms in total. The van der Waals surface area contributed by atoms with E-state index in [1.54, 1.807) is 0 Å². The number of carbonyl (C=O) groups is 3. The number of thiazole rings is 1. The van der Waals surface area contributed by atoms with Gasteiger partial charge in [0.15, 0.2) is 5.13 Å². The lowest BCUT2D eigenvalue weighted by atomic mass is 10.3. The number of hydrogen-bond acceptors (Lipinski definition) is 6. The van der Waals surface area contributed by atoms with Crippen LogP contribution in [-0.2, 0) is 14.4 Å². The van der Waals surface area contributed by atoms with E-state index in [1.165, 1.54) is 18.3 Å². The Labute approximate surface area is 161 Å². The molecule has 0 saturated heterocycles. The van der Waals surface area contributed by atoms with E-state index in [0.29, 0.717) is 24.5 Å².